The summed E-state index contributed by atoms with van der Waals surface area (Å²) in [5.74, 6) is -0.987. The molecule has 0 bridgehead atoms. The first-order chi connectivity index (χ1) is 6.84. The summed E-state index contributed by atoms with van der Waals surface area (Å²) in [4.78, 5) is 0. The molecule has 0 saturated carbocycles. The van der Waals surface area contributed by atoms with Crippen molar-refractivity contribution in [3.8, 4) is 0 Å². The molecule has 15 heavy (non-hydrogen) atoms. The van der Waals surface area contributed by atoms with Crippen molar-refractivity contribution in [1.29, 1.82) is 5.41 Å². The average molecular weight is 237 g/mol. The minimum absolute atomic E-state index is 0.0603. The molecule has 0 heterocycles. The lowest BCUT2D eigenvalue weighted by Crippen LogP contribution is -2.07. The molecular formula is C9H7F4NS. The SMILES string of the molecule is CSC(=N)c1cc(F)cc(C(F)(F)F)c1. The Morgan fingerprint density at radius 3 is 2.33 bits per heavy atom. The van der Waals surface area contributed by atoms with Gasteiger partial charge in [-0.15, -0.1) is 11.8 Å². The number of benzene rings is 1. The van der Waals surface area contributed by atoms with Crippen molar-refractivity contribution in [2.24, 2.45) is 0 Å². The monoisotopic (exact) mass is 237 g/mol. The Morgan fingerprint density at radius 2 is 1.87 bits per heavy atom. The van der Waals surface area contributed by atoms with Crippen LogP contribution in [0.25, 0.3) is 0 Å². The molecule has 0 aliphatic heterocycles. The van der Waals surface area contributed by atoms with Crippen LogP contribution in [0.2, 0.25) is 0 Å². The molecule has 6 heteroatoms. The number of nitrogens with one attached hydrogen (secondary N) is 1. The van der Waals surface area contributed by atoms with E-state index < -0.39 is 17.6 Å². The Kier molecular flexibility index (Phi) is 3.38. The van der Waals surface area contributed by atoms with Gasteiger partial charge in [-0.3, -0.25) is 5.41 Å². The fourth-order valence-electron chi connectivity index (χ4n) is 1.00. The number of rotatable bonds is 1. The van der Waals surface area contributed by atoms with E-state index in [9.17, 15) is 17.6 Å². The summed E-state index contributed by atoms with van der Waals surface area (Å²) in [5.41, 5.74) is -1.13. The highest BCUT2D eigenvalue weighted by Crippen LogP contribution is 2.30. The zero-order valence-corrected chi connectivity index (χ0v) is 8.47. The third-order valence-electron chi connectivity index (χ3n) is 1.69. The van der Waals surface area contributed by atoms with Gasteiger partial charge in [0.2, 0.25) is 0 Å². The van der Waals surface area contributed by atoms with Crippen molar-refractivity contribution in [3.63, 3.8) is 0 Å². The maximum atomic E-state index is 12.8. The van der Waals surface area contributed by atoms with Crippen molar-refractivity contribution < 1.29 is 17.6 Å². The van der Waals surface area contributed by atoms with E-state index in [0.717, 1.165) is 23.9 Å². The summed E-state index contributed by atoms with van der Waals surface area (Å²) in [6, 6.07) is 2.09. The molecular weight excluding hydrogens is 230 g/mol. The van der Waals surface area contributed by atoms with Crippen LogP contribution in [0.5, 0.6) is 0 Å². The van der Waals surface area contributed by atoms with Crippen molar-refractivity contribution in [2.45, 2.75) is 6.18 Å². The Balaban J connectivity index is 3.23. The van der Waals surface area contributed by atoms with Gasteiger partial charge in [0.15, 0.2) is 0 Å². The molecule has 1 nitrogen and oxygen atoms in total. The second-order valence-corrected chi connectivity index (χ2v) is 3.58. The van der Waals surface area contributed by atoms with Crippen LogP contribution >= 0.6 is 11.8 Å². The predicted molar refractivity (Wildman–Crippen MR) is 51.7 cm³/mol. The highest BCUT2D eigenvalue weighted by atomic mass is 32.2. The molecule has 1 aromatic carbocycles. The Labute approximate surface area is 88.0 Å². The minimum atomic E-state index is -4.59. The van der Waals surface area contributed by atoms with Gasteiger partial charge < -0.3 is 0 Å². The molecule has 0 unspecified atom stereocenters. The molecule has 0 aliphatic rings. The van der Waals surface area contributed by atoms with Crippen LogP contribution in [0.15, 0.2) is 18.2 Å². The maximum absolute atomic E-state index is 12.8. The van der Waals surface area contributed by atoms with Gasteiger partial charge in [0.05, 0.1) is 10.6 Å². The lowest BCUT2D eigenvalue weighted by atomic mass is 10.1. The van der Waals surface area contributed by atoms with Crippen LogP contribution in [-0.2, 0) is 6.18 Å². The van der Waals surface area contributed by atoms with Gasteiger partial charge in [0.1, 0.15) is 5.82 Å². The topological polar surface area (TPSA) is 23.9 Å². The van der Waals surface area contributed by atoms with Crippen molar-refractivity contribution in [1.82, 2.24) is 0 Å². The van der Waals surface area contributed by atoms with Gasteiger partial charge in [0, 0.05) is 5.56 Å². The number of alkyl halides is 3. The molecule has 0 aromatic heterocycles. The summed E-state index contributed by atoms with van der Waals surface area (Å²) < 4.78 is 49.7. The van der Waals surface area contributed by atoms with Crippen LogP contribution in [0.1, 0.15) is 11.1 Å². The van der Waals surface area contributed by atoms with E-state index in [2.05, 4.69) is 0 Å². The van der Waals surface area contributed by atoms with Crippen LogP contribution in [-0.4, -0.2) is 11.3 Å². The molecule has 1 aromatic rings. The number of hydrogen-bond donors (Lipinski definition) is 1. The molecule has 1 rings (SSSR count). The van der Waals surface area contributed by atoms with Crippen molar-refractivity contribution in [2.75, 3.05) is 6.26 Å². The highest BCUT2D eigenvalue weighted by molar-refractivity contribution is 8.13. The summed E-state index contributed by atoms with van der Waals surface area (Å²) in [6.07, 6.45) is -3.05. The quantitative estimate of drug-likeness (QED) is 0.451. The minimum Gasteiger partial charge on any atom is -0.293 e. The average Bonchev–Trinajstić information content (AvgIpc) is 2.14. The zero-order valence-electron chi connectivity index (χ0n) is 7.65. The van der Waals surface area contributed by atoms with Crippen molar-refractivity contribution in [3.05, 3.63) is 35.1 Å². The van der Waals surface area contributed by atoms with E-state index in [1.807, 2.05) is 0 Å². The largest absolute Gasteiger partial charge is 0.416 e. The molecule has 1 N–H and O–H groups in total. The maximum Gasteiger partial charge on any atom is 0.416 e. The zero-order chi connectivity index (χ0) is 11.6. The third kappa shape index (κ3) is 2.95. The number of halogens is 4. The van der Waals surface area contributed by atoms with E-state index in [-0.39, 0.29) is 10.6 Å². The van der Waals surface area contributed by atoms with Gasteiger partial charge >= 0.3 is 6.18 Å². The van der Waals surface area contributed by atoms with E-state index in [1.54, 1.807) is 6.26 Å². The van der Waals surface area contributed by atoms with Crippen LogP contribution in [0.4, 0.5) is 17.6 Å². The molecule has 82 valence electrons. The Morgan fingerprint density at radius 1 is 1.27 bits per heavy atom. The Hall–Kier alpha value is -1.04. The molecule has 0 saturated heterocycles. The number of thioether (sulfide) groups is 1. The van der Waals surface area contributed by atoms with E-state index in [1.165, 1.54) is 0 Å². The molecule has 0 atom stereocenters. The van der Waals surface area contributed by atoms with Crippen LogP contribution in [0, 0.1) is 11.2 Å². The molecule has 0 fully saturated rings. The molecule has 0 amide bonds. The predicted octanol–water partition coefficient (Wildman–Crippen LogP) is 3.53. The molecule has 0 aliphatic carbocycles. The second kappa shape index (κ2) is 4.22. The van der Waals surface area contributed by atoms with Gasteiger partial charge in [-0.05, 0) is 24.5 Å². The van der Waals surface area contributed by atoms with Crippen molar-refractivity contribution >= 4 is 16.8 Å². The lowest BCUT2D eigenvalue weighted by molar-refractivity contribution is -0.137. The first-order valence-corrected chi connectivity index (χ1v) is 5.08. The third-order valence-corrected chi connectivity index (χ3v) is 2.34. The summed E-state index contributed by atoms with van der Waals surface area (Å²) in [6.45, 7) is 0. The lowest BCUT2D eigenvalue weighted by Gasteiger charge is -2.09. The Bertz CT molecular complexity index is 386. The first kappa shape index (κ1) is 12.0. The van der Waals surface area contributed by atoms with Gasteiger partial charge in [-0.2, -0.15) is 13.2 Å². The fraction of sp³-hybridized carbons (Fsp3) is 0.222. The van der Waals surface area contributed by atoms with E-state index >= 15 is 0 Å². The number of hydrogen-bond acceptors (Lipinski definition) is 2. The highest BCUT2D eigenvalue weighted by Gasteiger charge is 2.31. The summed E-state index contributed by atoms with van der Waals surface area (Å²) in [7, 11) is 0. The van der Waals surface area contributed by atoms with E-state index in [4.69, 9.17) is 5.41 Å². The second-order valence-electron chi connectivity index (χ2n) is 2.76. The van der Waals surface area contributed by atoms with Gasteiger partial charge in [-0.25, -0.2) is 4.39 Å². The van der Waals surface area contributed by atoms with Crippen LogP contribution < -0.4 is 0 Å². The standard InChI is InChI=1S/C9H7F4NS/c1-15-8(14)5-2-6(9(11,12)13)4-7(10)3-5/h2-4,14H,1H3. The van der Waals surface area contributed by atoms with Crippen LogP contribution in [0.3, 0.4) is 0 Å². The smallest absolute Gasteiger partial charge is 0.293 e. The summed E-state index contributed by atoms with van der Waals surface area (Å²) in [5, 5.41) is 7.21. The van der Waals surface area contributed by atoms with Gasteiger partial charge in [0.25, 0.3) is 0 Å². The van der Waals surface area contributed by atoms with Gasteiger partial charge in [-0.1, -0.05) is 0 Å². The summed E-state index contributed by atoms with van der Waals surface area (Å²) >= 11 is 0.955. The first-order valence-electron chi connectivity index (χ1n) is 3.85. The normalized spacial score (nSPS) is 11.5. The molecule has 0 spiro atoms. The van der Waals surface area contributed by atoms with E-state index in [0.29, 0.717) is 6.07 Å². The fourth-order valence-corrected chi connectivity index (χ4v) is 1.36. The molecule has 0 radical (unpaired) electrons.